The molecule has 0 amide bonds. The molecule has 0 radical (unpaired) electrons. The quantitative estimate of drug-likeness (QED) is 0.279. The normalized spacial score (nSPS) is 19.1. The molecule has 0 spiro atoms. The summed E-state index contributed by atoms with van der Waals surface area (Å²) in [7, 11) is -2.83. The molecule has 2 aliphatic rings. The van der Waals surface area contributed by atoms with Crippen LogP contribution in [0.25, 0.3) is 0 Å². The third kappa shape index (κ3) is 8.58. The highest BCUT2D eigenvalue weighted by Gasteiger charge is 2.22. The van der Waals surface area contributed by atoms with Crippen molar-refractivity contribution in [3.8, 4) is 5.75 Å². The van der Waals surface area contributed by atoms with Gasteiger partial charge in [0.15, 0.2) is 15.8 Å². The molecule has 1 aromatic rings. The standard InChI is InChI=1S/C21H34N4O3S.HI/c1-3-22-21(23-8-9-25-10-12-29(26,27)13-11-25)24-15-19-7-4-17(2)14-20(19)28-16-18-5-6-18;/h4,7,14,18H,3,5-6,8-13,15-16H2,1-2H3,(H2,22,23,24);1H. The summed E-state index contributed by atoms with van der Waals surface area (Å²) in [6, 6.07) is 6.29. The molecular formula is C21H35IN4O3S. The van der Waals surface area contributed by atoms with Crippen LogP contribution < -0.4 is 15.4 Å². The van der Waals surface area contributed by atoms with Gasteiger partial charge in [-0.25, -0.2) is 13.4 Å². The van der Waals surface area contributed by atoms with E-state index in [1.807, 2.05) is 6.92 Å². The zero-order valence-electron chi connectivity index (χ0n) is 18.0. The Morgan fingerprint density at radius 1 is 1.23 bits per heavy atom. The van der Waals surface area contributed by atoms with Gasteiger partial charge in [0.05, 0.1) is 24.7 Å². The molecule has 1 aliphatic carbocycles. The van der Waals surface area contributed by atoms with E-state index in [9.17, 15) is 8.42 Å². The van der Waals surface area contributed by atoms with Crippen LogP contribution in [0.1, 0.15) is 30.9 Å². The molecule has 1 heterocycles. The van der Waals surface area contributed by atoms with Gasteiger partial charge in [-0.1, -0.05) is 12.1 Å². The van der Waals surface area contributed by atoms with Gasteiger partial charge in [-0.2, -0.15) is 0 Å². The maximum Gasteiger partial charge on any atom is 0.191 e. The Morgan fingerprint density at radius 3 is 2.63 bits per heavy atom. The topological polar surface area (TPSA) is 83.0 Å². The van der Waals surface area contributed by atoms with Crippen LogP contribution in [0.15, 0.2) is 23.2 Å². The van der Waals surface area contributed by atoms with Gasteiger partial charge in [0.2, 0.25) is 0 Å². The summed E-state index contributed by atoms with van der Waals surface area (Å²) < 4.78 is 29.1. The summed E-state index contributed by atoms with van der Waals surface area (Å²) in [5, 5.41) is 6.64. The lowest BCUT2D eigenvalue weighted by Crippen LogP contribution is -2.45. The van der Waals surface area contributed by atoms with Crippen LogP contribution in [0.4, 0.5) is 0 Å². The number of hydrogen-bond acceptors (Lipinski definition) is 5. The average molecular weight is 551 g/mol. The van der Waals surface area contributed by atoms with Crippen LogP contribution in [0.3, 0.4) is 0 Å². The number of nitrogens with one attached hydrogen (secondary N) is 2. The third-order valence-electron chi connectivity index (χ3n) is 5.30. The minimum absolute atomic E-state index is 0. The molecule has 0 bridgehead atoms. The van der Waals surface area contributed by atoms with Crippen LogP contribution in [-0.2, 0) is 16.4 Å². The van der Waals surface area contributed by atoms with E-state index >= 15 is 0 Å². The molecule has 3 rings (SSSR count). The van der Waals surface area contributed by atoms with Crippen LogP contribution >= 0.6 is 24.0 Å². The molecule has 2 fully saturated rings. The van der Waals surface area contributed by atoms with E-state index in [0.717, 1.165) is 49.4 Å². The number of guanidine groups is 1. The molecule has 9 heteroatoms. The average Bonchev–Trinajstić information content (AvgIpc) is 3.51. The van der Waals surface area contributed by atoms with Crippen LogP contribution in [-0.4, -0.2) is 70.1 Å². The molecule has 170 valence electrons. The number of aryl methyl sites for hydroxylation is 1. The van der Waals surface area contributed by atoms with E-state index in [4.69, 9.17) is 9.73 Å². The molecule has 0 atom stereocenters. The van der Waals surface area contributed by atoms with Gasteiger partial charge >= 0.3 is 0 Å². The number of benzene rings is 1. The first-order valence-corrected chi connectivity index (χ1v) is 12.4. The number of hydrogen-bond donors (Lipinski definition) is 2. The summed E-state index contributed by atoms with van der Waals surface area (Å²) in [5.41, 5.74) is 2.28. The van der Waals surface area contributed by atoms with Gasteiger partial charge in [-0.3, -0.25) is 4.90 Å². The Morgan fingerprint density at radius 2 is 1.97 bits per heavy atom. The second kappa shape index (κ2) is 12.1. The largest absolute Gasteiger partial charge is 0.493 e. The fourth-order valence-electron chi connectivity index (χ4n) is 3.23. The summed E-state index contributed by atoms with van der Waals surface area (Å²) in [6.45, 7) is 9.02. The number of ether oxygens (including phenoxy) is 1. The second-order valence-electron chi connectivity index (χ2n) is 7.98. The Bertz CT molecular complexity index is 798. The minimum Gasteiger partial charge on any atom is -0.493 e. The first kappa shape index (κ1) is 25.2. The van der Waals surface area contributed by atoms with Crippen LogP contribution in [0.5, 0.6) is 5.75 Å². The highest BCUT2D eigenvalue weighted by Crippen LogP contribution is 2.30. The molecule has 7 nitrogen and oxygen atoms in total. The summed E-state index contributed by atoms with van der Waals surface area (Å²) in [5.74, 6) is 2.95. The molecule has 30 heavy (non-hydrogen) atoms. The fraction of sp³-hybridized carbons (Fsp3) is 0.667. The first-order chi connectivity index (χ1) is 13.9. The monoisotopic (exact) mass is 550 g/mol. The molecule has 0 unspecified atom stereocenters. The number of halogens is 1. The first-order valence-electron chi connectivity index (χ1n) is 10.6. The highest BCUT2D eigenvalue weighted by atomic mass is 127. The number of nitrogens with zero attached hydrogens (tertiary/aromatic N) is 2. The van der Waals surface area contributed by atoms with Crippen molar-refractivity contribution in [3.05, 3.63) is 29.3 Å². The number of aliphatic imine (C=N–C) groups is 1. The van der Waals surface area contributed by atoms with Crippen molar-refractivity contribution >= 4 is 39.8 Å². The van der Waals surface area contributed by atoms with Gasteiger partial charge in [0.1, 0.15) is 5.75 Å². The summed E-state index contributed by atoms with van der Waals surface area (Å²) in [4.78, 5) is 6.90. The van der Waals surface area contributed by atoms with Crippen molar-refractivity contribution in [2.45, 2.75) is 33.2 Å². The molecule has 2 N–H and O–H groups in total. The van der Waals surface area contributed by atoms with Crippen molar-refractivity contribution in [1.82, 2.24) is 15.5 Å². The summed E-state index contributed by atoms with van der Waals surface area (Å²) in [6.07, 6.45) is 2.55. The smallest absolute Gasteiger partial charge is 0.191 e. The Kier molecular flexibility index (Phi) is 10.2. The fourth-order valence-corrected chi connectivity index (χ4v) is 4.51. The predicted molar refractivity (Wildman–Crippen MR) is 133 cm³/mol. The van der Waals surface area contributed by atoms with Gasteiger partial charge in [-0.05, 0) is 44.2 Å². The van der Waals surface area contributed by atoms with Crippen LogP contribution in [0.2, 0.25) is 0 Å². The van der Waals surface area contributed by atoms with E-state index in [-0.39, 0.29) is 35.5 Å². The zero-order chi connectivity index (χ0) is 20.7. The zero-order valence-corrected chi connectivity index (χ0v) is 21.2. The van der Waals surface area contributed by atoms with Crippen molar-refractivity contribution in [1.29, 1.82) is 0 Å². The van der Waals surface area contributed by atoms with Crippen molar-refractivity contribution < 1.29 is 13.2 Å². The van der Waals surface area contributed by atoms with Gasteiger partial charge in [0.25, 0.3) is 0 Å². The molecule has 1 aliphatic heterocycles. The maximum atomic E-state index is 11.5. The van der Waals surface area contributed by atoms with E-state index in [0.29, 0.717) is 19.6 Å². The number of rotatable bonds is 9. The van der Waals surface area contributed by atoms with E-state index < -0.39 is 9.84 Å². The lowest BCUT2D eigenvalue weighted by atomic mass is 10.1. The SMILES string of the molecule is CCNC(=NCc1ccc(C)cc1OCC1CC1)NCCN1CCS(=O)(=O)CC1.I. The van der Waals surface area contributed by atoms with E-state index in [1.165, 1.54) is 18.4 Å². The lowest BCUT2D eigenvalue weighted by Gasteiger charge is -2.26. The lowest BCUT2D eigenvalue weighted by molar-refractivity contribution is 0.296. The highest BCUT2D eigenvalue weighted by molar-refractivity contribution is 14.0. The molecular weight excluding hydrogens is 515 g/mol. The Balaban J connectivity index is 0.00000320. The molecule has 1 aromatic carbocycles. The van der Waals surface area contributed by atoms with Crippen molar-refractivity contribution in [2.24, 2.45) is 10.9 Å². The molecule has 0 aromatic heterocycles. The van der Waals surface area contributed by atoms with Crippen molar-refractivity contribution in [3.63, 3.8) is 0 Å². The number of sulfone groups is 1. The van der Waals surface area contributed by atoms with Crippen LogP contribution in [0, 0.1) is 12.8 Å². The summed E-state index contributed by atoms with van der Waals surface area (Å²) >= 11 is 0. The molecule has 1 saturated heterocycles. The Labute approximate surface area is 198 Å². The van der Waals surface area contributed by atoms with Gasteiger partial charge < -0.3 is 15.4 Å². The van der Waals surface area contributed by atoms with Gasteiger partial charge in [-0.15, -0.1) is 24.0 Å². The predicted octanol–water partition coefficient (Wildman–Crippen LogP) is 2.19. The Hall–Kier alpha value is -1.07. The second-order valence-corrected chi connectivity index (χ2v) is 10.3. The minimum atomic E-state index is -2.83. The molecule has 1 saturated carbocycles. The maximum absolute atomic E-state index is 11.5. The van der Waals surface area contributed by atoms with Crippen molar-refractivity contribution in [2.75, 3.05) is 50.8 Å². The van der Waals surface area contributed by atoms with E-state index in [2.05, 4.69) is 40.7 Å². The van der Waals surface area contributed by atoms with E-state index in [1.54, 1.807) is 0 Å². The van der Waals surface area contributed by atoms with Gasteiger partial charge in [0, 0.05) is 38.3 Å². The third-order valence-corrected chi connectivity index (χ3v) is 6.91.